The maximum atomic E-state index is 11.3. The van der Waals surface area contributed by atoms with Gasteiger partial charge in [-0.15, -0.1) is 0 Å². The van der Waals surface area contributed by atoms with Gasteiger partial charge in [0.2, 0.25) is 5.91 Å². The molecule has 80 valence electrons. The van der Waals surface area contributed by atoms with Crippen LogP contribution in [-0.4, -0.2) is 5.91 Å². The number of benzene rings is 2. The maximum absolute atomic E-state index is 11.3. The molecule has 0 saturated carbocycles. The molecule has 16 heavy (non-hydrogen) atoms. The minimum absolute atomic E-state index is 0.392. The van der Waals surface area contributed by atoms with Crippen LogP contribution in [0.5, 0.6) is 0 Å². The Morgan fingerprint density at radius 1 is 1.00 bits per heavy atom. The highest BCUT2D eigenvalue weighted by Gasteiger charge is 2.08. The van der Waals surface area contributed by atoms with Crippen molar-refractivity contribution in [1.29, 1.82) is 0 Å². The highest BCUT2D eigenvalue weighted by atomic mass is 16.1. The SMILES string of the molecule is Cc1ccc(-c2ccccc2C(N)=O)cc1. The fraction of sp³-hybridized carbons (Fsp3) is 0.0714. The zero-order valence-electron chi connectivity index (χ0n) is 9.10. The van der Waals surface area contributed by atoms with Crippen molar-refractivity contribution in [1.82, 2.24) is 0 Å². The van der Waals surface area contributed by atoms with Crippen LogP contribution in [0.1, 0.15) is 15.9 Å². The molecule has 0 fully saturated rings. The third-order valence-electron chi connectivity index (χ3n) is 2.56. The monoisotopic (exact) mass is 211 g/mol. The van der Waals surface area contributed by atoms with Gasteiger partial charge in [0.1, 0.15) is 0 Å². The summed E-state index contributed by atoms with van der Waals surface area (Å²) in [5.74, 6) is -0.392. The van der Waals surface area contributed by atoms with Crippen LogP contribution in [0, 0.1) is 6.92 Å². The number of carbonyl (C=O) groups is 1. The molecule has 2 heteroatoms. The quantitative estimate of drug-likeness (QED) is 0.815. The van der Waals surface area contributed by atoms with Gasteiger partial charge in [-0.1, -0.05) is 48.0 Å². The number of amides is 1. The zero-order valence-corrected chi connectivity index (χ0v) is 9.10. The second-order valence-electron chi connectivity index (χ2n) is 3.78. The lowest BCUT2D eigenvalue weighted by atomic mass is 9.98. The third-order valence-corrected chi connectivity index (χ3v) is 2.56. The van der Waals surface area contributed by atoms with Crippen molar-refractivity contribution in [2.24, 2.45) is 5.73 Å². The van der Waals surface area contributed by atoms with Crippen molar-refractivity contribution in [2.75, 3.05) is 0 Å². The molecule has 0 aliphatic heterocycles. The Bertz CT molecular complexity index is 515. The molecular weight excluding hydrogens is 198 g/mol. The molecule has 1 amide bonds. The van der Waals surface area contributed by atoms with Gasteiger partial charge in [0.05, 0.1) is 0 Å². The van der Waals surface area contributed by atoms with Crippen LogP contribution in [0.15, 0.2) is 48.5 Å². The van der Waals surface area contributed by atoms with Crippen molar-refractivity contribution in [2.45, 2.75) is 6.92 Å². The summed E-state index contributed by atoms with van der Waals surface area (Å²) in [5.41, 5.74) is 9.00. The summed E-state index contributed by atoms with van der Waals surface area (Å²) in [6.07, 6.45) is 0. The molecule has 0 aromatic heterocycles. The Kier molecular flexibility index (Phi) is 2.73. The molecule has 2 rings (SSSR count). The number of hydrogen-bond donors (Lipinski definition) is 1. The number of aryl methyl sites for hydroxylation is 1. The summed E-state index contributed by atoms with van der Waals surface area (Å²) in [6, 6.07) is 15.4. The van der Waals surface area contributed by atoms with Gasteiger partial charge in [-0.05, 0) is 24.1 Å². The highest BCUT2D eigenvalue weighted by molar-refractivity contribution is 5.99. The standard InChI is InChI=1S/C14H13NO/c1-10-6-8-11(9-7-10)12-4-2-3-5-13(12)14(15)16/h2-9H,1H3,(H2,15,16). The predicted octanol–water partition coefficient (Wildman–Crippen LogP) is 2.76. The molecule has 0 atom stereocenters. The molecule has 0 aliphatic rings. The summed E-state index contributed by atoms with van der Waals surface area (Å²) >= 11 is 0. The summed E-state index contributed by atoms with van der Waals surface area (Å²) in [5, 5.41) is 0. The molecule has 0 spiro atoms. The van der Waals surface area contributed by atoms with E-state index in [1.54, 1.807) is 6.07 Å². The van der Waals surface area contributed by atoms with Gasteiger partial charge >= 0.3 is 0 Å². The third kappa shape index (κ3) is 1.96. The van der Waals surface area contributed by atoms with E-state index in [4.69, 9.17) is 5.73 Å². The minimum atomic E-state index is -0.392. The Balaban J connectivity index is 2.55. The molecule has 2 nitrogen and oxygen atoms in total. The number of hydrogen-bond acceptors (Lipinski definition) is 1. The first-order valence-corrected chi connectivity index (χ1v) is 5.14. The predicted molar refractivity (Wildman–Crippen MR) is 65.1 cm³/mol. The average Bonchev–Trinajstić information content (AvgIpc) is 2.30. The van der Waals surface area contributed by atoms with Crippen molar-refractivity contribution < 1.29 is 4.79 Å². The highest BCUT2D eigenvalue weighted by Crippen LogP contribution is 2.23. The number of carbonyl (C=O) groups excluding carboxylic acids is 1. The van der Waals surface area contributed by atoms with E-state index in [2.05, 4.69) is 0 Å². The van der Waals surface area contributed by atoms with Crippen LogP contribution < -0.4 is 5.73 Å². The lowest BCUT2D eigenvalue weighted by molar-refractivity contribution is 0.100. The summed E-state index contributed by atoms with van der Waals surface area (Å²) in [6.45, 7) is 2.03. The van der Waals surface area contributed by atoms with Crippen molar-refractivity contribution in [3.05, 3.63) is 59.7 Å². The summed E-state index contributed by atoms with van der Waals surface area (Å²) in [4.78, 5) is 11.3. The molecule has 0 unspecified atom stereocenters. The fourth-order valence-corrected chi connectivity index (χ4v) is 1.68. The number of primary amides is 1. The van der Waals surface area contributed by atoms with Crippen LogP contribution in [0.2, 0.25) is 0 Å². The zero-order chi connectivity index (χ0) is 11.5. The second kappa shape index (κ2) is 4.19. The van der Waals surface area contributed by atoms with Crippen LogP contribution in [0.3, 0.4) is 0 Å². The summed E-state index contributed by atoms with van der Waals surface area (Å²) < 4.78 is 0. The molecule has 0 aliphatic carbocycles. The molecule has 0 radical (unpaired) electrons. The van der Waals surface area contributed by atoms with Crippen molar-refractivity contribution in [3.63, 3.8) is 0 Å². The van der Waals surface area contributed by atoms with Gasteiger partial charge in [-0.25, -0.2) is 0 Å². The number of nitrogens with two attached hydrogens (primary N) is 1. The molecular formula is C14H13NO. The van der Waals surface area contributed by atoms with Gasteiger partial charge in [-0.2, -0.15) is 0 Å². The largest absolute Gasteiger partial charge is 0.366 e. The van der Waals surface area contributed by atoms with Crippen LogP contribution in [0.25, 0.3) is 11.1 Å². The first kappa shape index (κ1) is 10.4. The van der Waals surface area contributed by atoms with E-state index in [0.29, 0.717) is 5.56 Å². The Morgan fingerprint density at radius 3 is 2.25 bits per heavy atom. The van der Waals surface area contributed by atoms with E-state index in [0.717, 1.165) is 11.1 Å². The van der Waals surface area contributed by atoms with Crippen molar-refractivity contribution >= 4 is 5.91 Å². The molecule has 0 saturated heterocycles. The first-order chi connectivity index (χ1) is 7.68. The fourth-order valence-electron chi connectivity index (χ4n) is 1.68. The average molecular weight is 211 g/mol. The van der Waals surface area contributed by atoms with Crippen molar-refractivity contribution in [3.8, 4) is 11.1 Å². The van der Waals surface area contributed by atoms with E-state index in [-0.39, 0.29) is 0 Å². The molecule has 2 N–H and O–H groups in total. The van der Waals surface area contributed by atoms with E-state index in [9.17, 15) is 4.79 Å². The minimum Gasteiger partial charge on any atom is -0.366 e. The molecule has 0 heterocycles. The lowest BCUT2D eigenvalue weighted by Crippen LogP contribution is -2.12. The lowest BCUT2D eigenvalue weighted by Gasteiger charge is -2.06. The van der Waals surface area contributed by atoms with Gasteiger partial charge in [0.25, 0.3) is 0 Å². The smallest absolute Gasteiger partial charge is 0.249 e. The van der Waals surface area contributed by atoms with Gasteiger partial charge < -0.3 is 5.73 Å². The van der Waals surface area contributed by atoms with Gasteiger partial charge in [0, 0.05) is 5.56 Å². The normalized spacial score (nSPS) is 10.1. The molecule has 2 aromatic carbocycles. The molecule has 2 aromatic rings. The van der Waals surface area contributed by atoms with E-state index in [1.807, 2.05) is 49.4 Å². The second-order valence-corrected chi connectivity index (χ2v) is 3.78. The van der Waals surface area contributed by atoms with E-state index in [1.165, 1.54) is 5.56 Å². The van der Waals surface area contributed by atoms with Gasteiger partial charge in [0.15, 0.2) is 0 Å². The topological polar surface area (TPSA) is 43.1 Å². The number of rotatable bonds is 2. The van der Waals surface area contributed by atoms with Gasteiger partial charge in [-0.3, -0.25) is 4.79 Å². The first-order valence-electron chi connectivity index (χ1n) is 5.14. The van der Waals surface area contributed by atoms with E-state index < -0.39 is 5.91 Å². The Labute approximate surface area is 94.7 Å². The molecule has 0 bridgehead atoms. The van der Waals surface area contributed by atoms with Crippen LogP contribution in [-0.2, 0) is 0 Å². The summed E-state index contributed by atoms with van der Waals surface area (Å²) in [7, 11) is 0. The van der Waals surface area contributed by atoms with Crippen LogP contribution >= 0.6 is 0 Å². The van der Waals surface area contributed by atoms with Crippen LogP contribution in [0.4, 0.5) is 0 Å². The van der Waals surface area contributed by atoms with E-state index >= 15 is 0 Å². The Morgan fingerprint density at radius 2 is 1.62 bits per heavy atom. The Hall–Kier alpha value is -2.09. The maximum Gasteiger partial charge on any atom is 0.249 e.